The van der Waals surface area contributed by atoms with Crippen LogP contribution in [0.25, 0.3) is 0 Å². The van der Waals surface area contributed by atoms with Gasteiger partial charge in [-0.25, -0.2) is 0 Å². The molecule has 0 aliphatic heterocycles. The number of hydrogen-bond acceptors (Lipinski definition) is 7. The lowest BCUT2D eigenvalue weighted by atomic mass is 9.85. The molecule has 0 aliphatic rings. The van der Waals surface area contributed by atoms with Crippen LogP contribution >= 0.6 is 11.3 Å². The Hall–Kier alpha value is -2.08. The van der Waals surface area contributed by atoms with Crippen LogP contribution < -0.4 is 0 Å². The predicted molar refractivity (Wildman–Crippen MR) is 114 cm³/mol. The second-order valence-electron chi connectivity index (χ2n) is 8.01. The molecule has 0 atom stereocenters. The number of nitriles is 1. The Balaban J connectivity index is 2.39. The maximum absolute atomic E-state index is 12.6. The van der Waals surface area contributed by atoms with Crippen molar-refractivity contribution >= 4 is 27.8 Å². The Kier molecular flexibility index (Phi) is 7.33. The summed E-state index contributed by atoms with van der Waals surface area (Å²) in [6.07, 6.45) is 1.47. The smallest absolute Gasteiger partial charge is 0.227 e. The molecule has 0 fully saturated rings. The van der Waals surface area contributed by atoms with Crippen LogP contribution in [-0.4, -0.2) is 16.0 Å². The summed E-state index contributed by atoms with van der Waals surface area (Å²) in [5.74, 6) is -0.248. The summed E-state index contributed by atoms with van der Waals surface area (Å²) >= 11 is 1.07. The van der Waals surface area contributed by atoms with Crippen molar-refractivity contribution in [3.8, 4) is 6.07 Å². The summed E-state index contributed by atoms with van der Waals surface area (Å²) in [4.78, 5) is 17.2. The van der Waals surface area contributed by atoms with Gasteiger partial charge in [0.25, 0.3) is 0 Å². The molecule has 2 rings (SSSR count). The second kappa shape index (κ2) is 9.16. The minimum atomic E-state index is -1.92. The summed E-state index contributed by atoms with van der Waals surface area (Å²) in [5, 5.41) is 19.3. The highest BCUT2D eigenvalue weighted by Gasteiger charge is 2.19. The van der Waals surface area contributed by atoms with E-state index in [9.17, 15) is 19.4 Å². The van der Waals surface area contributed by atoms with Crippen LogP contribution in [0.3, 0.4) is 0 Å². The molecule has 156 valence electrons. The maximum Gasteiger partial charge on any atom is 0.227 e. The number of hydrogen-bond donors (Lipinski definition) is 1. The van der Waals surface area contributed by atoms with Crippen LogP contribution in [0.2, 0.25) is 0 Å². The number of amides is 1. The van der Waals surface area contributed by atoms with Gasteiger partial charge in [0, 0.05) is 10.5 Å². The van der Waals surface area contributed by atoms with Crippen molar-refractivity contribution in [3.05, 3.63) is 45.5 Å². The first-order chi connectivity index (χ1) is 13.4. The number of carbonyl (C=O) groups excluding carboxylic acids is 1. The van der Waals surface area contributed by atoms with Crippen molar-refractivity contribution in [2.75, 3.05) is 0 Å². The zero-order valence-corrected chi connectivity index (χ0v) is 19.1. The molecule has 0 saturated heterocycles. The molecule has 1 heterocycles. The summed E-state index contributed by atoms with van der Waals surface area (Å²) in [6.45, 7) is 11.3. The fourth-order valence-corrected chi connectivity index (χ4v) is 4.74. The number of aliphatic hydroxyl groups is 1. The van der Waals surface area contributed by atoms with Crippen LogP contribution in [0, 0.1) is 11.3 Å². The lowest BCUT2D eigenvalue weighted by Crippen LogP contribution is -2.12. The Morgan fingerprint density at radius 3 is 2.24 bits per heavy atom. The van der Waals surface area contributed by atoms with Gasteiger partial charge in [-0.3, -0.25) is 9.78 Å². The van der Waals surface area contributed by atoms with Gasteiger partial charge in [-0.15, -0.1) is 21.9 Å². The van der Waals surface area contributed by atoms with E-state index in [0.29, 0.717) is 10.4 Å². The Bertz CT molecular complexity index is 1010. The van der Waals surface area contributed by atoms with Crippen LogP contribution in [-0.2, 0) is 31.6 Å². The van der Waals surface area contributed by atoms with Gasteiger partial charge in [0.2, 0.25) is 5.91 Å². The molecule has 0 bridgehead atoms. The third-order valence-corrected chi connectivity index (χ3v) is 7.00. The lowest BCUT2D eigenvalue weighted by Gasteiger charge is -2.19. The number of nitrogens with zero attached hydrogens (tertiary/aromatic N) is 3. The molecule has 1 aromatic heterocycles. The number of rotatable bonds is 6. The number of aromatic nitrogens is 1. The minimum absolute atomic E-state index is 0.0161. The normalized spacial score (nSPS) is 13.1. The van der Waals surface area contributed by atoms with Gasteiger partial charge in [-0.2, -0.15) is 5.26 Å². The predicted octanol–water partition coefficient (Wildman–Crippen LogP) is 4.76. The van der Waals surface area contributed by atoms with E-state index in [2.05, 4.69) is 15.4 Å². The first-order valence-electron chi connectivity index (χ1n) is 9.36. The molecule has 2 aromatic rings. The van der Waals surface area contributed by atoms with Gasteiger partial charge in [0.1, 0.15) is 0 Å². The average Bonchev–Trinajstić information content (AvgIpc) is 3.11. The molecule has 0 spiro atoms. The maximum atomic E-state index is 12.6. The van der Waals surface area contributed by atoms with E-state index in [1.807, 2.05) is 39.8 Å². The fourth-order valence-electron chi connectivity index (χ4n) is 2.95. The monoisotopic (exact) mass is 432 g/mol. The largest absolute Gasteiger partial charge is 0.437 e. The molecule has 6 nitrogen and oxygen atoms in total. The topological polar surface area (TPSA) is 103 Å². The molecule has 0 radical (unpaired) electrons. The van der Waals surface area contributed by atoms with Gasteiger partial charge < -0.3 is 13.7 Å². The van der Waals surface area contributed by atoms with E-state index in [4.69, 9.17) is 0 Å². The Labute approximate surface area is 177 Å². The minimum Gasteiger partial charge on any atom is -0.437 e. The van der Waals surface area contributed by atoms with E-state index in [1.54, 1.807) is 13.8 Å². The first kappa shape index (κ1) is 23.2. The fraction of sp³-hybridized carbons (Fsp3) is 0.476. The van der Waals surface area contributed by atoms with Gasteiger partial charge in [0.05, 0.1) is 28.5 Å². The second-order valence-corrected chi connectivity index (χ2v) is 10.4. The van der Waals surface area contributed by atoms with Crippen molar-refractivity contribution in [1.82, 2.24) is 4.98 Å². The molecule has 29 heavy (non-hydrogen) atoms. The van der Waals surface area contributed by atoms with E-state index in [-0.39, 0.29) is 22.6 Å². The summed E-state index contributed by atoms with van der Waals surface area (Å²) in [5.41, 5.74) is 2.18. The number of carbonyl (C=O) groups is 1. The Morgan fingerprint density at radius 2 is 1.83 bits per heavy atom. The molecule has 0 saturated carbocycles. The van der Waals surface area contributed by atoms with Gasteiger partial charge >= 0.3 is 0 Å². The van der Waals surface area contributed by atoms with Crippen molar-refractivity contribution in [2.45, 2.75) is 69.7 Å². The summed E-state index contributed by atoms with van der Waals surface area (Å²) in [7, 11) is -1.92. The van der Waals surface area contributed by atoms with Crippen molar-refractivity contribution < 1.29 is 14.1 Å². The Morgan fingerprint density at radius 1 is 1.28 bits per heavy atom. The van der Waals surface area contributed by atoms with Crippen molar-refractivity contribution in [2.24, 2.45) is 4.36 Å². The van der Waals surface area contributed by atoms with E-state index in [0.717, 1.165) is 28.0 Å². The SMILES string of the molecule is CC(C)c1cc(C#N)cc(C(C)C)c1CC(=O)N=[S-](=O)c1ncc(C(C)(C)O)s1. The van der Waals surface area contributed by atoms with Crippen LogP contribution in [0.1, 0.15) is 80.5 Å². The molecular weight excluding hydrogens is 406 g/mol. The number of benzene rings is 1. The molecule has 1 N–H and O–H groups in total. The highest BCUT2D eigenvalue weighted by atomic mass is 32.2. The quantitative estimate of drug-likeness (QED) is 0.663. The van der Waals surface area contributed by atoms with Crippen molar-refractivity contribution in [3.63, 3.8) is 0 Å². The number of thiazole rings is 1. The molecule has 1 amide bonds. The van der Waals surface area contributed by atoms with E-state index >= 15 is 0 Å². The zero-order valence-electron chi connectivity index (χ0n) is 17.5. The van der Waals surface area contributed by atoms with Crippen LogP contribution in [0.5, 0.6) is 0 Å². The molecule has 0 unspecified atom stereocenters. The average molecular weight is 433 g/mol. The standard InChI is InChI=1S/C21H26N3O3S2/c1-12(2)15-7-14(10-22)8-16(13(3)4)17(15)9-19(25)24-29(27)20-23-11-18(28-20)21(5,6)26/h7-8,11-13,26H,9H2,1-6H3/q-1. The summed E-state index contributed by atoms with van der Waals surface area (Å²) < 4.78 is 16.5. The molecule has 1 aromatic carbocycles. The van der Waals surface area contributed by atoms with Gasteiger partial charge in [-0.05, 0) is 54.5 Å². The van der Waals surface area contributed by atoms with Gasteiger partial charge in [0.15, 0.2) is 0 Å². The third kappa shape index (κ3) is 5.72. The lowest BCUT2D eigenvalue weighted by molar-refractivity contribution is -0.117. The first-order valence-corrected chi connectivity index (χ1v) is 11.3. The molecular formula is C21H26N3O3S2-. The highest BCUT2D eigenvalue weighted by molar-refractivity contribution is 7.77. The molecule has 8 heteroatoms. The van der Waals surface area contributed by atoms with Gasteiger partial charge in [-0.1, -0.05) is 27.7 Å². The summed E-state index contributed by atoms with van der Waals surface area (Å²) in [6, 6.07) is 5.81. The van der Waals surface area contributed by atoms with E-state index < -0.39 is 22.1 Å². The molecule has 0 aliphatic carbocycles. The van der Waals surface area contributed by atoms with Crippen molar-refractivity contribution in [1.29, 1.82) is 5.26 Å². The van der Waals surface area contributed by atoms with E-state index in [1.165, 1.54) is 6.20 Å². The highest BCUT2D eigenvalue weighted by Crippen LogP contribution is 2.30. The zero-order chi connectivity index (χ0) is 21.9. The third-order valence-electron chi connectivity index (χ3n) is 4.44. The van der Waals surface area contributed by atoms with Crippen LogP contribution in [0.4, 0.5) is 0 Å². The van der Waals surface area contributed by atoms with Crippen LogP contribution in [0.15, 0.2) is 27.0 Å².